The number of nitrogens with one attached hydrogen (secondary N) is 3. The second-order valence-electron chi connectivity index (χ2n) is 8.39. The van der Waals surface area contributed by atoms with Gasteiger partial charge in [0.15, 0.2) is 11.2 Å². The maximum Gasteiger partial charge on any atom is 0.326 e. The summed E-state index contributed by atoms with van der Waals surface area (Å²) in [4.78, 5) is 60.4. The highest BCUT2D eigenvalue weighted by Gasteiger charge is 2.27. The van der Waals surface area contributed by atoms with Crippen molar-refractivity contribution < 1.29 is 19.5 Å². The van der Waals surface area contributed by atoms with E-state index in [1.807, 2.05) is 26.0 Å². The van der Waals surface area contributed by atoms with Crippen LogP contribution in [0, 0.1) is 0 Å². The lowest BCUT2D eigenvalue weighted by Crippen LogP contribution is -2.53. The Kier molecular flexibility index (Phi) is 9.90. The van der Waals surface area contributed by atoms with Crippen molar-refractivity contribution >= 4 is 34.9 Å². The van der Waals surface area contributed by atoms with Crippen molar-refractivity contribution in [2.24, 2.45) is 0 Å². The van der Waals surface area contributed by atoms with Gasteiger partial charge in [-0.05, 0) is 11.1 Å². The summed E-state index contributed by atoms with van der Waals surface area (Å²) in [6.45, 7) is 3.71. The Labute approximate surface area is 224 Å². The molecule has 0 aliphatic rings. The van der Waals surface area contributed by atoms with Gasteiger partial charge in [-0.2, -0.15) is 4.98 Å². The fourth-order valence-corrected chi connectivity index (χ4v) is 3.86. The molecule has 6 N–H and O–H groups in total. The maximum absolute atomic E-state index is 13.2. The molecule has 0 aliphatic carbocycles. The van der Waals surface area contributed by atoms with Crippen LogP contribution in [0.15, 0.2) is 71.8 Å². The Morgan fingerprint density at radius 3 is 2.08 bits per heavy atom. The Hall–Kier alpha value is -5.00. The monoisotopic (exact) mass is 533 g/mol. The van der Waals surface area contributed by atoms with Gasteiger partial charge in [0.25, 0.3) is 5.56 Å². The van der Waals surface area contributed by atoms with Crippen molar-refractivity contribution in [3.05, 3.63) is 88.5 Å². The molecule has 2 heterocycles. The number of aliphatic carboxylic acids is 1. The molecule has 0 saturated heterocycles. The van der Waals surface area contributed by atoms with E-state index in [1.165, 1.54) is 10.9 Å². The molecule has 4 rings (SSSR count). The van der Waals surface area contributed by atoms with Crippen LogP contribution in [-0.2, 0) is 33.8 Å². The second-order valence-corrected chi connectivity index (χ2v) is 8.39. The molecule has 4 aromatic rings. The Bertz CT molecular complexity index is 1470. The summed E-state index contributed by atoms with van der Waals surface area (Å²) in [6, 6.07) is 15.7. The molecule has 12 heteroatoms. The van der Waals surface area contributed by atoms with Gasteiger partial charge in [-0.1, -0.05) is 74.5 Å². The summed E-state index contributed by atoms with van der Waals surface area (Å²) in [5.74, 6) is -2.53. The zero-order valence-corrected chi connectivity index (χ0v) is 21.6. The van der Waals surface area contributed by atoms with Gasteiger partial charge in [-0.3, -0.25) is 19.4 Å². The maximum atomic E-state index is 13.2. The van der Waals surface area contributed by atoms with Crippen molar-refractivity contribution in [1.82, 2.24) is 30.2 Å². The molecule has 0 aliphatic heterocycles. The van der Waals surface area contributed by atoms with Gasteiger partial charge in [0.1, 0.15) is 18.6 Å². The molecular formula is C27H31N7O5. The van der Waals surface area contributed by atoms with Crippen LogP contribution in [0.3, 0.4) is 0 Å². The molecule has 2 aromatic carbocycles. The van der Waals surface area contributed by atoms with Crippen LogP contribution in [0.2, 0.25) is 0 Å². The van der Waals surface area contributed by atoms with Gasteiger partial charge in [0.05, 0.1) is 6.33 Å². The van der Waals surface area contributed by atoms with Crippen molar-refractivity contribution in [3.8, 4) is 0 Å². The van der Waals surface area contributed by atoms with Crippen LogP contribution in [0.4, 0.5) is 5.95 Å². The van der Waals surface area contributed by atoms with Crippen LogP contribution < -0.4 is 21.9 Å². The molecule has 2 atom stereocenters. The highest BCUT2D eigenvalue weighted by atomic mass is 16.4. The number of anilines is 1. The summed E-state index contributed by atoms with van der Waals surface area (Å²) in [6.07, 6.45) is 1.49. The summed E-state index contributed by atoms with van der Waals surface area (Å²) in [5, 5.41) is 14.9. The predicted octanol–water partition coefficient (Wildman–Crippen LogP) is 1.27. The molecule has 0 radical (unpaired) electrons. The third kappa shape index (κ3) is 7.74. The van der Waals surface area contributed by atoms with Crippen molar-refractivity contribution in [2.75, 3.05) is 5.73 Å². The molecule has 2 aromatic heterocycles. The number of carboxylic acids is 1. The number of H-pyrrole nitrogens is 1. The fourth-order valence-electron chi connectivity index (χ4n) is 3.86. The summed E-state index contributed by atoms with van der Waals surface area (Å²) < 4.78 is 1.34. The van der Waals surface area contributed by atoms with Gasteiger partial charge < -0.3 is 26.0 Å². The number of amides is 2. The molecule has 0 saturated carbocycles. The van der Waals surface area contributed by atoms with Crippen molar-refractivity contribution in [2.45, 2.75) is 45.3 Å². The van der Waals surface area contributed by atoms with E-state index in [4.69, 9.17) is 5.73 Å². The number of imidazole rings is 1. The van der Waals surface area contributed by atoms with Crippen LogP contribution in [-0.4, -0.2) is 54.5 Å². The average molecular weight is 534 g/mol. The predicted molar refractivity (Wildman–Crippen MR) is 146 cm³/mol. The van der Waals surface area contributed by atoms with E-state index in [9.17, 15) is 24.3 Å². The average Bonchev–Trinajstić information content (AvgIpc) is 3.32. The topological polar surface area (TPSA) is 185 Å². The lowest BCUT2D eigenvalue weighted by Gasteiger charge is -2.22. The zero-order valence-electron chi connectivity index (χ0n) is 21.6. The van der Waals surface area contributed by atoms with E-state index in [0.717, 1.165) is 11.1 Å². The first-order valence-corrected chi connectivity index (χ1v) is 12.4. The van der Waals surface area contributed by atoms with E-state index >= 15 is 0 Å². The summed E-state index contributed by atoms with van der Waals surface area (Å²) in [5.41, 5.74) is 6.72. The van der Waals surface area contributed by atoms with E-state index in [0.29, 0.717) is 0 Å². The smallest absolute Gasteiger partial charge is 0.326 e. The lowest BCUT2D eigenvalue weighted by atomic mass is 10.0. The van der Waals surface area contributed by atoms with E-state index < -0.39 is 35.4 Å². The van der Waals surface area contributed by atoms with Crippen LogP contribution >= 0.6 is 0 Å². The first-order valence-electron chi connectivity index (χ1n) is 12.4. The summed E-state index contributed by atoms with van der Waals surface area (Å²) in [7, 11) is 0. The minimum absolute atomic E-state index is 0.0193. The van der Waals surface area contributed by atoms with E-state index in [1.54, 1.807) is 48.5 Å². The van der Waals surface area contributed by atoms with Crippen LogP contribution in [0.5, 0.6) is 0 Å². The van der Waals surface area contributed by atoms with E-state index in [2.05, 4.69) is 25.6 Å². The highest BCUT2D eigenvalue weighted by Crippen LogP contribution is 2.09. The number of carbonyl (C=O) groups excluding carboxylic acids is 2. The quantitative estimate of drug-likeness (QED) is 0.202. The summed E-state index contributed by atoms with van der Waals surface area (Å²) >= 11 is 0. The first-order chi connectivity index (χ1) is 18.8. The number of benzene rings is 2. The number of aromatic nitrogens is 4. The lowest BCUT2D eigenvalue weighted by molar-refractivity contribution is -0.142. The molecule has 0 bridgehead atoms. The van der Waals surface area contributed by atoms with Gasteiger partial charge >= 0.3 is 5.97 Å². The first kappa shape index (κ1) is 28.6. The standard InChI is InChI=1S/C25H25N7O5.C2H6/c26-25-30-21-20(23(35)31-25)27-14-32(21)13-19(33)28-17(11-15-7-3-1-4-8-15)22(34)29-18(24(36)37)12-16-9-5-2-6-10-16;1-2/h1-10,14,17-18H,11-13H2,(H,28,33)(H,29,34)(H,36,37)(H3,26,30,31,35);1-2H3. The molecule has 0 fully saturated rings. The third-order valence-electron chi connectivity index (χ3n) is 5.64. The molecule has 204 valence electrons. The largest absolute Gasteiger partial charge is 0.480 e. The van der Waals surface area contributed by atoms with Gasteiger partial charge in [0.2, 0.25) is 17.8 Å². The van der Waals surface area contributed by atoms with Crippen molar-refractivity contribution in [3.63, 3.8) is 0 Å². The number of hydrogen-bond donors (Lipinski definition) is 5. The Morgan fingerprint density at radius 1 is 0.949 bits per heavy atom. The SMILES string of the molecule is CC.Nc1nc2c(ncn2CC(=O)NC(Cc2ccccc2)C(=O)NC(Cc2ccccc2)C(=O)O)c(=O)[nH]1. The van der Waals surface area contributed by atoms with Gasteiger partial charge in [0, 0.05) is 12.8 Å². The number of nitrogen functional groups attached to an aromatic ring is 1. The number of carbonyl (C=O) groups is 3. The molecule has 2 amide bonds. The highest BCUT2D eigenvalue weighted by molar-refractivity contribution is 5.91. The molecule has 0 spiro atoms. The number of carboxylic acid groups (broad SMARTS) is 1. The van der Waals surface area contributed by atoms with Gasteiger partial charge in [-0.15, -0.1) is 0 Å². The minimum atomic E-state index is -1.19. The number of rotatable bonds is 10. The fraction of sp³-hybridized carbons (Fsp3) is 0.259. The number of fused-ring (bicyclic) bond motifs is 1. The molecule has 39 heavy (non-hydrogen) atoms. The Morgan fingerprint density at radius 2 is 1.51 bits per heavy atom. The van der Waals surface area contributed by atoms with Crippen molar-refractivity contribution in [1.29, 1.82) is 0 Å². The third-order valence-corrected chi connectivity index (χ3v) is 5.64. The number of hydrogen-bond acceptors (Lipinski definition) is 7. The normalized spacial score (nSPS) is 12.1. The van der Waals surface area contributed by atoms with E-state index in [-0.39, 0.29) is 36.5 Å². The zero-order chi connectivity index (χ0) is 28.4. The molecule has 2 unspecified atom stereocenters. The number of aromatic amines is 1. The number of nitrogens with zero attached hydrogens (tertiary/aromatic N) is 3. The minimum Gasteiger partial charge on any atom is -0.480 e. The Balaban J connectivity index is 0.00000205. The molecular weight excluding hydrogens is 502 g/mol. The molecule has 12 nitrogen and oxygen atoms in total. The number of nitrogens with two attached hydrogens (primary N) is 1. The van der Waals surface area contributed by atoms with Gasteiger partial charge in [-0.25, -0.2) is 9.78 Å². The van der Waals surface area contributed by atoms with Crippen LogP contribution in [0.1, 0.15) is 25.0 Å². The second kappa shape index (κ2) is 13.5. The van der Waals surface area contributed by atoms with Crippen LogP contribution in [0.25, 0.3) is 11.2 Å².